The SMILES string of the molecule is CC1(c2ccc(Cl)cc2)CC(C)(C)N2C(=O)/C(=C3\SC(=O)N(Cc4ccccc4)C3=O)c3cc(F)cc1c32. The number of rotatable bonds is 3. The normalized spacial score (nSPS) is 23.9. The van der Waals surface area contributed by atoms with Crippen molar-refractivity contribution in [1.29, 1.82) is 0 Å². The Labute approximate surface area is 229 Å². The van der Waals surface area contributed by atoms with E-state index in [0.29, 0.717) is 28.3 Å². The second-order valence-electron chi connectivity index (χ2n) is 10.8. The predicted octanol–water partition coefficient (Wildman–Crippen LogP) is 6.92. The molecular weight excluding hydrogens is 523 g/mol. The van der Waals surface area contributed by atoms with Crippen LogP contribution in [0.5, 0.6) is 0 Å². The molecule has 8 heteroatoms. The van der Waals surface area contributed by atoms with Crippen LogP contribution in [0.1, 0.15) is 49.4 Å². The fraction of sp³-hybridized carbons (Fsp3) is 0.233. The van der Waals surface area contributed by atoms with Crippen molar-refractivity contribution in [2.75, 3.05) is 4.90 Å². The maximum Gasteiger partial charge on any atom is 0.293 e. The Kier molecular flexibility index (Phi) is 5.60. The molecule has 0 aliphatic carbocycles. The zero-order valence-corrected chi connectivity index (χ0v) is 22.6. The molecular formula is C30H24ClFN2O3S. The molecule has 0 radical (unpaired) electrons. The first-order chi connectivity index (χ1) is 18.0. The molecule has 3 aliphatic rings. The van der Waals surface area contributed by atoms with Gasteiger partial charge in [0.1, 0.15) is 5.82 Å². The van der Waals surface area contributed by atoms with Gasteiger partial charge in [-0.25, -0.2) is 4.39 Å². The number of carbonyl (C=O) groups is 3. The maximum absolute atomic E-state index is 15.3. The molecule has 6 rings (SSSR count). The summed E-state index contributed by atoms with van der Waals surface area (Å²) < 4.78 is 15.3. The molecule has 0 saturated carbocycles. The van der Waals surface area contributed by atoms with E-state index in [9.17, 15) is 14.4 Å². The zero-order chi connectivity index (χ0) is 27.0. The van der Waals surface area contributed by atoms with Crippen LogP contribution >= 0.6 is 23.4 Å². The van der Waals surface area contributed by atoms with Crippen molar-refractivity contribution < 1.29 is 18.8 Å². The van der Waals surface area contributed by atoms with Gasteiger partial charge >= 0.3 is 0 Å². The fourth-order valence-electron chi connectivity index (χ4n) is 6.14. The number of amides is 3. The maximum atomic E-state index is 15.3. The van der Waals surface area contributed by atoms with Crippen LogP contribution in [0.2, 0.25) is 5.02 Å². The smallest absolute Gasteiger partial charge is 0.293 e. The Morgan fingerprint density at radius 1 is 0.947 bits per heavy atom. The minimum absolute atomic E-state index is 0.0436. The van der Waals surface area contributed by atoms with Crippen LogP contribution in [-0.4, -0.2) is 27.5 Å². The van der Waals surface area contributed by atoms with Gasteiger partial charge in [-0.1, -0.05) is 61.0 Å². The van der Waals surface area contributed by atoms with Crippen LogP contribution in [0.3, 0.4) is 0 Å². The number of imide groups is 1. The van der Waals surface area contributed by atoms with E-state index in [1.54, 1.807) is 17.0 Å². The van der Waals surface area contributed by atoms with Crippen molar-refractivity contribution in [3.05, 3.63) is 105 Å². The van der Waals surface area contributed by atoms with Crippen LogP contribution in [0.25, 0.3) is 5.57 Å². The summed E-state index contributed by atoms with van der Waals surface area (Å²) in [6.07, 6.45) is 0.520. The van der Waals surface area contributed by atoms with Crippen molar-refractivity contribution in [3.8, 4) is 0 Å². The largest absolute Gasteiger partial charge is 0.302 e. The minimum atomic E-state index is -0.659. The first kappa shape index (κ1) is 24.9. The Hall–Kier alpha value is -3.42. The Morgan fingerprint density at radius 3 is 2.32 bits per heavy atom. The third-order valence-electron chi connectivity index (χ3n) is 7.71. The van der Waals surface area contributed by atoms with E-state index >= 15 is 4.39 Å². The molecule has 38 heavy (non-hydrogen) atoms. The topological polar surface area (TPSA) is 57.7 Å². The molecule has 1 unspecified atom stereocenters. The average Bonchev–Trinajstić information content (AvgIpc) is 3.31. The van der Waals surface area contributed by atoms with Gasteiger partial charge in [-0.05, 0) is 73.0 Å². The molecule has 3 amide bonds. The number of anilines is 1. The highest BCUT2D eigenvalue weighted by atomic mass is 35.5. The number of benzene rings is 3. The van der Waals surface area contributed by atoms with E-state index in [0.717, 1.165) is 27.8 Å². The summed E-state index contributed by atoms with van der Waals surface area (Å²) in [7, 11) is 0. The van der Waals surface area contributed by atoms with Gasteiger partial charge in [0.2, 0.25) is 0 Å². The minimum Gasteiger partial charge on any atom is -0.302 e. The number of carbonyl (C=O) groups excluding carboxylic acids is 3. The van der Waals surface area contributed by atoms with Crippen LogP contribution in [0.15, 0.2) is 71.6 Å². The number of nitrogens with zero attached hydrogens (tertiary/aromatic N) is 2. The highest BCUT2D eigenvalue weighted by Crippen LogP contribution is 2.57. The van der Waals surface area contributed by atoms with Crippen molar-refractivity contribution in [2.24, 2.45) is 0 Å². The molecule has 1 fully saturated rings. The monoisotopic (exact) mass is 546 g/mol. The highest BCUT2D eigenvalue weighted by molar-refractivity contribution is 8.18. The Balaban J connectivity index is 1.53. The van der Waals surface area contributed by atoms with Gasteiger partial charge in [-0.2, -0.15) is 0 Å². The second-order valence-corrected chi connectivity index (χ2v) is 12.2. The lowest BCUT2D eigenvalue weighted by molar-refractivity contribution is -0.123. The number of hydrogen-bond acceptors (Lipinski definition) is 4. The average molecular weight is 547 g/mol. The third kappa shape index (κ3) is 3.63. The van der Waals surface area contributed by atoms with Gasteiger partial charge in [-0.15, -0.1) is 0 Å². The fourth-order valence-corrected chi connectivity index (χ4v) is 7.20. The van der Waals surface area contributed by atoms with Gasteiger partial charge in [0, 0.05) is 21.5 Å². The molecule has 0 spiro atoms. The lowest BCUT2D eigenvalue weighted by Gasteiger charge is -2.49. The van der Waals surface area contributed by atoms with E-state index in [2.05, 4.69) is 0 Å². The summed E-state index contributed by atoms with van der Waals surface area (Å²) in [6, 6.07) is 19.4. The molecule has 3 aromatic rings. The Bertz CT molecular complexity index is 1570. The Morgan fingerprint density at radius 2 is 1.63 bits per heavy atom. The van der Waals surface area contributed by atoms with E-state index in [4.69, 9.17) is 11.6 Å². The highest BCUT2D eigenvalue weighted by Gasteiger charge is 2.54. The number of thioether (sulfide) groups is 1. The van der Waals surface area contributed by atoms with Crippen molar-refractivity contribution >= 4 is 51.7 Å². The molecule has 3 aromatic carbocycles. The summed E-state index contributed by atoms with van der Waals surface area (Å²) in [6.45, 7) is 6.08. The lowest BCUT2D eigenvalue weighted by Crippen LogP contribution is -2.54. The van der Waals surface area contributed by atoms with Gasteiger partial charge in [0.05, 0.1) is 22.7 Å². The third-order valence-corrected chi connectivity index (χ3v) is 8.94. The molecule has 0 N–H and O–H groups in total. The van der Waals surface area contributed by atoms with Crippen LogP contribution < -0.4 is 4.90 Å². The molecule has 5 nitrogen and oxygen atoms in total. The van der Waals surface area contributed by atoms with Crippen LogP contribution in [-0.2, 0) is 21.5 Å². The first-order valence-corrected chi connectivity index (χ1v) is 13.5. The second kappa shape index (κ2) is 8.55. The molecule has 192 valence electrons. The molecule has 1 atom stereocenters. The van der Waals surface area contributed by atoms with Gasteiger partial charge < -0.3 is 4.90 Å². The summed E-state index contributed by atoms with van der Waals surface area (Å²) in [5.74, 6) is -1.43. The lowest BCUT2D eigenvalue weighted by atomic mass is 9.65. The summed E-state index contributed by atoms with van der Waals surface area (Å²) in [5.41, 5.74) is 2.16. The van der Waals surface area contributed by atoms with Crippen LogP contribution in [0, 0.1) is 5.82 Å². The summed E-state index contributed by atoms with van der Waals surface area (Å²) in [4.78, 5) is 43.4. The van der Waals surface area contributed by atoms with E-state index in [-0.39, 0.29) is 22.9 Å². The van der Waals surface area contributed by atoms with Gasteiger partial charge in [0.15, 0.2) is 0 Å². The summed E-state index contributed by atoms with van der Waals surface area (Å²) in [5, 5.41) is 0.146. The molecule has 3 aliphatic heterocycles. The van der Waals surface area contributed by atoms with Crippen LogP contribution in [0.4, 0.5) is 14.9 Å². The molecule has 0 bridgehead atoms. The van der Waals surface area contributed by atoms with E-state index < -0.39 is 27.9 Å². The first-order valence-electron chi connectivity index (χ1n) is 12.3. The standard InChI is InChI=1S/C30H24ClFN2O3S/c1-29(2)16-30(3,18-9-11-19(31)12-10-18)22-14-20(32)13-21-23(26(35)34(29)24(21)22)25-27(36)33(28(37)38-25)15-17-7-5-4-6-8-17/h4-14H,15-16H2,1-3H3/b25-23-. The van der Waals surface area contributed by atoms with Gasteiger partial charge in [0.25, 0.3) is 17.1 Å². The predicted molar refractivity (Wildman–Crippen MR) is 147 cm³/mol. The van der Waals surface area contributed by atoms with E-state index in [1.807, 2.05) is 63.2 Å². The van der Waals surface area contributed by atoms with E-state index in [1.165, 1.54) is 12.1 Å². The van der Waals surface area contributed by atoms with Gasteiger partial charge in [-0.3, -0.25) is 19.3 Å². The van der Waals surface area contributed by atoms with Crippen molar-refractivity contribution in [2.45, 2.75) is 44.7 Å². The number of halogens is 2. The van der Waals surface area contributed by atoms with Crippen molar-refractivity contribution in [3.63, 3.8) is 0 Å². The zero-order valence-electron chi connectivity index (χ0n) is 21.0. The molecule has 1 saturated heterocycles. The molecule has 3 heterocycles. The molecule has 0 aromatic heterocycles. The quantitative estimate of drug-likeness (QED) is 0.335. The number of hydrogen-bond donors (Lipinski definition) is 0. The summed E-state index contributed by atoms with van der Waals surface area (Å²) >= 11 is 6.89. The van der Waals surface area contributed by atoms with Crippen molar-refractivity contribution in [1.82, 2.24) is 4.90 Å².